The van der Waals surface area contributed by atoms with E-state index in [1.807, 2.05) is 5.32 Å². The third kappa shape index (κ3) is 5.62. The summed E-state index contributed by atoms with van der Waals surface area (Å²) in [6.07, 6.45) is -1.14. The van der Waals surface area contributed by atoms with Gasteiger partial charge >= 0.3 is 6.18 Å². The van der Waals surface area contributed by atoms with Crippen LogP contribution in [-0.2, 0) is 4.79 Å². The normalized spacial score (nSPS) is 13.1. The summed E-state index contributed by atoms with van der Waals surface area (Å²) in [7, 11) is 0. The molecule has 18 heavy (non-hydrogen) atoms. The molecule has 0 spiro atoms. The van der Waals surface area contributed by atoms with E-state index in [9.17, 15) is 18.0 Å². The predicted octanol–water partition coefficient (Wildman–Crippen LogP) is 1.41. The quantitative estimate of drug-likeness (QED) is 0.842. The largest absolute Gasteiger partial charge is 0.401 e. The Morgan fingerprint density at radius 3 is 2.56 bits per heavy atom. The SMILES string of the molecule is CC(NC(=O)CNCC(F)(F)F)c1ccncc1. The van der Waals surface area contributed by atoms with E-state index < -0.39 is 18.6 Å². The molecule has 1 heterocycles. The van der Waals surface area contributed by atoms with E-state index in [0.29, 0.717) is 0 Å². The first-order chi connectivity index (χ1) is 8.38. The molecule has 1 rings (SSSR count). The van der Waals surface area contributed by atoms with Crippen LogP contribution in [-0.4, -0.2) is 30.2 Å². The van der Waals surface area contributed by atoms with Gasteiger partial charge in [-0.05, 0) is 24.6 Å². The Bertz CT molecular complexity index is 381. The minimum absolute atomic E-state index is 0.270. The molecule has 1 atom stereocenters. The second kappa shape index (κ2) is 6.34. The Kier molecular flexibility index (Phi) is 5.08. The number of nitrogens with one attached hydrogen (secondary N) is 2. The molecule has 100 valence electrons. The number of pyridine rings is 1. The van der Waals surface area contributed by atoms with Crippen LogP contribution in [0.1, 0.15) is 18.5 Å². The van der Waals surface area contributed by atoms with E-state index >= 15 is 0 Å². The van der Waals surface area contributed by atoms with Crippen LogP contribution < -0.4 is 10.6 Å². The molecule has 0 aromatic carbocycles. The van der Waals surface area contributed by atoms with Crippen molar-refractivity contribution in [3.63, 3.8) is 0 Å². The van der Waals surface area contributed by atoms with Crippen LogP contribution in [0.3, 0.4) is 0 Å². The maximum Gasteiger partial charge on any atom is 0.401 e. The summed E-state index contributed by atoms with van der Waals surface area (Å²) >= 11 is 0. The lowest BCUT2D eigenvalue weighted by atomic mass is 10.1. The number of halogens is 3. The van der Waals surface area contributed by atoms with Gasteiger partial charge in [-0.15, -0.1) is 0 Å². The summed E-state index contributed by atoms with van der Waals surface area (Å²) in [4.78, 5) is 15.2. The van der Waals surface area contributed by atoms with E-state index in [0.717, 1.165) is 5.56 Å². The van der Waals surface area contributed by atoms with Gasteiger partial charge in [0.05, 0.1) is 19.1 Å². The number of alkyl halides is 3. The second-order valence-corrected chi connectivity index (χ2v) is 3.79. The lowest BCUT2D eigenvalue weighted by Crippen LogP contribution is -2.39. The molecule has 0 aliphatic heterocycles. The Morgan fingerprint density at radius 2 is 2.00 bits per heavy atom. The molecule has 2 N–H and O–H groups in total. The Labute approximate surface area is 103 Å². The van der Waals surface area contributed by atoms with Crippen LogP contribution in [0, 0.1) is 0 Å². The Hall–Kier alpha value is -1.63. The lowest BCUT2D eigenvalue weighted by molar-refractivity contribution is -0.128. The zero-order chi connectivity index (χ0) is 13.6. The summed E-state index contributed by atoms with van der Waals surface area (Å²) in [5, 5.41) is 4.62. The van der Waals surface area contributed by atoms with Gasteiger partial charge in [0.1, 0.15) is 0 Å². The van der Waals surface area contributed by atoms with Gasteiger partial charge in [-0.2, -0.15) is 13.2 Å². The van der Waals surface area contributed by atoms with Gasteiger partial charge in [0, 0.05) is 12.4 Å². The first-order valence-electron chi connectivity index (χ1n) is 5.35. The summed E-state index contributed by atoms with van der Waals surface area (Å²) in [5.74, 6) is -0.483. The number of carbonyl (C=O) groups is 1. The van der Waals surface area contributed by atoms with Crippen LogP contribution in [0.25, 0.3) is 0 Å². The van der Waals surface area contributed by atoms with Crippen molar-refractivity contribution in [3.05, 3.63) is 30.1 Å². The van der Waals surface area contributed by atoms with Crippen LogP contribution in [0.5, 0.6) is 0 Å². The topological polar surface area (TPSA) is 54.0 Å². The maximum atomic E-state index is 11.8. The zero-order valence-electron chi connectivity index (χ0n) is 9.79. The van der Waals surface area contributed by atoms with Gasteiger partial charge in [-0.1, -0.05) is 0 Å². The smallest absolute Gasteiger partial charge is 0.348 e. The molecule has 0 aliphatic rings. The van der Waals surface area contributed by atoms with Crippen molar-refractivity contribution in [3.8, 4) is 0 Å². The summed E-state index contributed by atoms with van der Waals surface area (Å²) < 4.78 is 35.5. The molecule has 1 aromatic rings. The average Bonchev–Trinajstić information content (AvgIpc) is 2.28. The number of rotatable bonds is 5. The van der Waals surface area contributed by atoms with Gasteiger partial charge in [-0.25, -0.2) is 0 Å². The van der Waals surface area contributed by atoms with E-state index in [1.54, 1.807) is 31.5 Å². The minimum Gasteiger partial charge on any atom is -0.348 e. The van der Waals surface area contributed by atoms with Crippen molar-refractivity contribution in [1.29, 1.82) is 0 Å². The van der Waals surface area contributed by atoms with Gasteiger partial charge in [0.15, 0.2) is 0 Å². The molecule has 0 fully saturated rings. The molecule has 0 radical (unpaired) electrons. The third-order valence-corrected chi connectivity index (χ3v) is 2.19. The van der Waals surface area contributed by atoms with Crippen molar-refractivity contribution in [1.82, 2.24) is 15.6 Å². The van der Waals surface area contributed by atoms with Crippen molar-refractivity contribution in [2.45, 2.75) is 19.1 Å². The average molecular weight is 261 g/mol. The second-order valence-electron chi connectivity index (χ2n) is 3.79. The van der Waals surface area contributed by atoms with E-state index in [2.05, 4.69) is 10.3 Å². The first kappa shape index (κ1) is 14.4. The van der Waals surface area contributed by atoms with Gasteiger partial charge in [-0.3, -0.25) is 9.78 Å². The summed E-state index contributed by atoms with van der Waals surface area (Å²) in [5.41, 5.74) is 0.842. The number of hydrogen-bond donors (Lipinski definition) is 2. The molecule has 0 bridgehead atoms. The fourth-order valence-corrected chi connectivity index (χ4v) is 1.35. The molecule has 0 aliphatic carbocycles. The highest BCUT2D eigenvalue weighted by Crippen LogP contribution is 2.12. The van der Waals surface area contributed by atoms with E-state index in [4.69, 9.17) is 0 Å². The van der Waals surface area contributed by atoms with E-state index in [-0.39, 0.29) is 12.6 Å². The van der Waals surface area contributed by atoms with Crippen molar-refractivity contribution in [2.75, 3.05) is 13.1 Å². The maximum absolute atomic E-state index is 11.8. The van der Waals surface area contributed by atoms with Crippen LogP contribution in [0.2, 0.25) is 0 Å². The highest BCUT2D eigenvalue weighted by atomic mass is 19.4. The van der Waals surface area contributed by atoms with Crippen LogP contribution in [0.15, 0.2) is 24.5 Å². The van der Waals surface area contributed by atoms with E-state index in [1.165, 1.54) is 0 Å². The molecule has 0 saturated carbocycles. The third-order valence-electron chi connectivity index (χ3n) is 2.19. The molecule has 1 unspecified atom stereocenters. The molecular weight excluding hydrogens is 247 g/mol. The van der Waals surface area contributed by atoms with Gasteiger partial charge in [0.2, 0.25) is 5.91 Å². The molecule has 7 heteroatoms. The summed E-state index contributed by atoms with van der Waals surface area (Å²) in [6, 6.07) is 3.19. The molecule has 4 nitrogen and oxygen atoms in total. The lowest BCUT2D eigenvalue weighted by Gasteiger charge is -2.14. The Morgan fingerprint density at radius 1 is 1.39 bits per heavy atom. The minimum atomic E-state index is -4.31. The summed E-state index contributed by atoms with van der Waals surface area (Å²) in [6.45, 7) is 0.204. The first-order valence-corrected chi connectivity index (χ1v) is 5.35. The van der Waals surface area contributed by atoms with Crippen LogP contribution >= 0.6 is 0 Å². The number of nitrogens with zero attached hydrogens (tertiary/aromatic N) is 1. The zero-order valence-corrected chi connectivity index (χ0v) is 9.79. The number of amides is 1. The number of aromatic nitrogens is 1. The fraction of sp³-hybridized carbons (Fsp3) is 0.455. The molecule has 0 saturated heterocycles. The monoisotopic (exact) mass is 261 g/mol. The van der Waals surface area contributed by atoms with Crippen molar-refractivity contribution < 1.29 is 18.0 Å². The van der Waals surface area contributed by atoms with Crippen LogP contribution in [0.4, 0.5) is 13.2 Å². The predicted molar refractivity (Wildman–Crippen MR) is 59.7 cm³/mol. The fourth-order valence-electron chi connectivity index (χ4n) is 1.35. The molecular formula is C11H14F3N3O. The highest BCUT2D eigenvalue weighted by molar-refractivity contribution is 5.78. The molecule has 1 amide bonds. The van der Waals surface area contributed by atoms with Crippen molar-refractivity contribution in [2.24, 2.45) is 0 Å². The van der Waals surface area contributed by atoms with Gasteiger partial charge < -0.3 is 10.6 Å². The Balaban J connectivity index is 2.32. The number of hydrogen-bond acceptors (Lipinski definition) is 3. The van der Waals surface area contributed by atoms with Crippen molar-refractivity contribution >= 4 is 5.91 Å². The van der Waals surface area contributed by atoms with Gasteiger partial charge in [0.25, 0.3) is 0 Å². The standard InChI is InChI=1S/C11H14F3N3O/c1-8(9-2-4-15-5-3-9)17-10(18)6-16-7-11(12,13)14/h2-5,8,16H,6-7H2,1H3,(H,17,18). The highest BCUT2D eigenvalue weighted by Gasteiger charge is 2.26. The molecule has 1 aromatic heterocycles. The number of carbonyl (C=O) groups excluding carboxylic acids is 1.